The Labute approximate surface area is 164 Å². The Morgan fingerprint density at radius 1 is 1.00 bits per heavy atom. The predicted octanol–water partition coefficient (Wildman–Crippen LogP) is 3.90. The van der Waals surface area contributed by atoms with Gasteiger partial charge in [-0.05, 0) is 63.1 Å². The standard InChI is InChI=1S/C22H23N3O3/c1-14-10-11-18(12-15(14)2)22(27)28-13-20(26)23-21-16(3)24-25(17(21)4)19-8-6-5-7-9-19/h5-12H,13H2,1-4H3,(H,23,26). The predicted molar refractivity (Wildman–Crippen MR) is 108 cm³/mol. The molecule has 0 aliphatic rings. The molecule has 0 unspecified atom stereocenters. The summed E-state index contributed by atoms with van der Waals surface area (Å²) >= 11 is 0. The summed E-state index contributed by atoms with van der Waals surface area (Å²) in [4.78, 5) is 24.5. The van der Waals surface area contributed by atoms with E-state index in [2.05, 4.69) is 10.4 Å². The summed E-state index contributed by atoms with van der Waals surface area (Å²) in [7, 11) is 0. The number of carbonyl (C=O) groups is 2. The highest BCUT2D eigenvalue weighted by atomic mass is 16.5. The Kier molecular flexibility index (Phi) is 5.59. The average Bonchev–Trinajstić information content (AvgIpc) is 2.97. The molecule has 6 nitrogen and oxygen atoms in total. The van der Waals surface area contributed by atoms with Crippen molar-refractivity contribution in [2.24, 2.45) is 0 Å². The second-order valence-electron chi connectivity index (χ2n) is 6.72. The Balaban J connectivity index is 1.66. The third kappa shape index (κ3) is 4.11. The molecule has 0 saturated carbocycles. The van der Waals surface area contributed by atoms with E-state index in [-0.39, 0.29) is 6.61 Å². The first kappa shape index (κ1) is 19.4. The van der Waals surface area contributed by atoms with Gasteiger partial charge in [-0.1, -0.05) is 24.3 Å². The van der Waals surface area contributed by atoms with Gasteiger partial charge in [-0.3, -0.25) is 4.79 Å². The number of benzene rings is 2. The summed E-state index contributed by atoms with van der Waals surface area (Å²) in [5.74, 6) is -0.928. The summed E-state index contributed by atoms with van der Waals surface area (Å²) in [5, 5.41) is 7.28. The third-order valence-corrected chi connectivity index (χ3v) is 4.63. The number of amides is 1. The molecule has 28 heavy (non-hydrogen) atoms. The van der Waals surface area contributed by atoms with Crippen LogP contribution in [0.25, 0.3) is 5.69 Å². The minimum atomic E-state index is -0.522. The van der Waals surface area contributed by atoms with E-state index < -0.39 is 11.9 Å². The van der Waals surface area contributed by atoms with E-state index in [1.807, 2.05) is 64.1 Å². The van der Waals surface area contributed by atoms with Crippen LogP contribution in [-0.2, 0) is 9.53 Å². The van der Waals surface area contributed by atoms with Crippen LogP contribution in [-0.4, -0.2) is 28.3 Å². The molecule has 0 aliphatic carbocycles. The van der Waals surface area contributed by atoms with Gasteiger partial charge in [0.15, 0.2) is 6.61 Å². The smallest absolute Gasteiger partial charge is 0.338 e. The van der Waals surface area contributed by atoms with Crippen molar-refractivity contribution in [2.75, 3.05) is 11.9 Å². The van der Waals surface area contributed by atoms with Gasteiger partial charge in [-0.25, -0.2) is 9.48 Å². The van der Waals surface area contributed by atoms with Crippen molar-refractivity contribution in [3.8, 4) is 5.69 Å². The number of para-hydroxylation sites is 1. The first-order chi connectivity index (χ1) is 13.4. The highest BCUT2D eigenvalue weighted by Gasteiger charge is 2.17. The van der Waals surface area contributed by atoms with Crippen molar-refractivity contribution < 1.29 is 14.3 Å². The molecule has 1 heterocycles. The molecule has 0 spiro atoms. The van der Waals surface area contributed by atoms with E-state index in [9.17, 15) is 9.59 Å². The summed E-state index contributed by atoms with van der Waals surface area (Å²) in [6.07, 6.45) is 0. The molecule has 144 valence electrons. The van der Waals surface area contributed by atoms with Crippen LogP contribution in [0.4, 0.5) is 5.69 Å². The number of aromatic nitrogens is 2. The summed E-state index contributed by atoms with van der Waals surface area (Å²) in [6.45, 7) is 7.24. The van der Waals surface area contributed by atoms with Crippen molar-refractivity contribution in [1.82, 2.24) is 9.78 Å². The molecule has 1 aromatic heterocycles. The number of anilines is 1. The number of esters is 1. The lowest BCUT2D eigenvalue weighted by molar-refractivity contribution is -0.119. The van der Waals surface area contributed by atoms with Crippen molar-refractivity contribution in [3.05, 3.63) is 76.6 Å². The van der Waals surface area contributed by atoms with Gasteiger partial charge >= 0.3 is 5.97 Å². The monoisotopic (exact) mass is 377 g/mol. The number of carbonyl (C=O) groups excluding carboxylic acids is 2. The second-order valence-corrected chi connectivity index (χ2v) is 6.72. The number of nitrogens with zero attached hydrogens (tertiary/aromatic N) is 2. The van der Waals surface area contributed by atoms with E-state index >= 15 is 0 Å². The lowest BCUT2D eigenvalue weighted by atomic mass is 10.1. The lowest BCUT2D eigenvalue weighted by Crippen LogP contribution is -2.21. The number of rotatable bonds is 5. The number of ether oxygens (including phenoxy) is 1. The molecule has 3 rings (SSSR count). The second kappa shape index (κ2) is 8.08. The molecule has 0 bridgehead atoms. The summed E-state index contributed by atoms with van der Waals surface area (Å²) < 4.78 is 6.92. The first-order valence-corrected chi connectivity index (χ1v) is 9.02. The van der Waals surface area contributed by atoms with E-state index in [0.717, 1.165) is 22.5 Å². The normalized spacial score (nSPS) is 10.6. The molecule has 0 radical (unpaired) electrons. The number of aryl methyl sites for hydroxylation is 3. The number of nitrogens with one attached hydrogen (secondary N) is 1. The molecule has 2 aromatic carbocycles. The average molecular weight is 377 g/mol. The zero-order chi connectivity index (χ0) is 20.3. The Bertz CT molecular complexity index is 1020. The number of hydrogen-bond acceptors (Lipinski definition) is 4. The molecular weight excluding hydrogens is 354 g/mol. The summed E-state index contributed by atoms with van der Waals surface area (Å²) in [5.41, 5.74) is 5.54. The molecule has 0 atom stereocenters. The zero-order valence-corrected chi connectivity index (χ0v) is 16.4. The van der Waals surface area contributed by atoms with Gasteiger partial charge < -0.3 is 10.1 Å². The Morgan fingerprint density at radius 3 is 2.39 bits per heavy atom. The molecular formula is C22H23N3O3. The first-order valence-electron chi connectivity index (χ1n) is 9.02. The largest absolute Gasteiger partial charge is 0.452 e. The van der Waals surface area contributed by atoms with Gasteiger partial charge in [0.1, 0.15) is 0 Å². The van der Waals surface area contributed by atoms with Gasteiger partial charge in [0.2, 0.25) is 0 Å². The van der Waals surface area contributed by atoms with Gasteiger partial charge in [-0.15, -0.1) is 0 Å². The van der Waals surface area contributed by atoms with Gasteiger partial charge in [0.25, 0.3) is 5.91 Å². The van der Waals surface area contributed by atoms with Crippen LogP contribution < -0.4 is 5.32 Å². The number of hydrogen-bond donors (Lipinski definition) is 1. The van der Waals surface area contributed by atoms with Crippen LogP contribution in [0.5, 0.6) is 0 Å². The Hall–Kier alpha value is -3.41. The maximum Gasteiger partial charge on any atom is 0.338 e. The fraction of sp³-hybridized carbons (Fsp3) is 0.227. The van der Waals surface area contributed by atoms with Crippen LogP contribution in [0.15, 0.2) is 48.5 Å². The molecule has 0 aliphatic heterocycles. The molecule has 6 heteroatoms. The topological polar surface area (TPSA) is 73.2 Å². The fourth-order valence-corrected chi connectivity index (χ4v) is 2.90. The Morgan fingerprint density at radius 2 is 1.71 bits per heavy atom. The molecule has 0 fully saturated rings. The van der Waals surface area contributed by atoms with E-state index in [4.69, 9.17) is 4.74 Å². The molecule has 0 saturated heterocycles. The summed E-state index contributed by atoms with van der Waals surface area (Å²) in [6, 6.07) is 15.0. The van der Waals surface area contributed by atoms with E-state index in [0.29, 0.717) is 16.9 Å². The minimum Gasteiger partial charge on any atom is -0.452 e. The van der Waals surface area contributed by atoms with Crippen molar-refractivity contribution in [1.29, 1.82) is 0 Å². The maximum absolute atomic E-state index is 12.3. The highest BCUT2D eigenvalue weighted by molar-refractivity contribution is 5.96. The highest BCUT2D eigenvalue weighted by Crippen LogP contribution is 2.22. The molecule has 3 aromatic rings. The van der Waals surface area contributed by atoms with Crippen LogP contribution in [0.2, 0.25) is 0 Å². The van der Waals surface area contributed by atoms with Crippen molar-refractivity contribution in [3.63, 3.8) is 0 Å². The van der Waals surface area contributed by atoms with Crippen molar-refractivity contribution in [2.45, 2.75) is 27.7 Å². The minimum absolute atomic E-state index is 0.360. The third-order valence-electron chi connectivity index (χ3n) is 4.63. The molecule has 1 N–H and O–H groups in total. The quantitative estimate of drug-likeness (QED) is 0.685. The van der Waals surface area contributed by atoms with Gasteiger partial charge in [0, 0.05) is 0 Å². The van der Waals surface area contributed by atoms with Crippen LogP contribution >= 0.6 is 0 Å². The van der Waals surface area contributed by atoms with Crippen LogP contribution in [0.1, 0.15) is 32.9 Å². The van der Waals surface area contributed by atoms with Crippen molar-refractivity contribution >= 4 is 17.6 Å². The molecule has 1 amide bonds. The lowest BCUT2D eigenvalue weighted by Gasteiger charge is -2.09. The zero-order valence-electron chi connectivity index (χ0n) is 16.4. The van der Waals surface area contributed by atoms with E-state index in [1.165, 1.54) is 0 Å². The maximum atomic E-state index is 12.3. The fourth-order valence-electron chi connectivity index (χ4n) is 2.90. The van der Waals surface area contributed by atoms with Gasteiger partial charge in [-0.2, -0.15) is 5.10 Å². The van der Waals surface area contributed by atoms with Crippen LogP contribution in [0.3, 0.4) is 0 Å². The van der Waals surface area contributed by atoms with E-state index in [1.54, 1.807) is 16.8 Å². The van der Waals surface area contributed by atoms with Gasteiger partial charge in [0.05, 0.1) is 28.3 Å². The van der Waals surface area contributed by atoms with Crippen LogP contribution in [0, 0.1) is 27.7 Å². The SMILES string of the molecule is Cc1ccc(C(=O)OCC(=O)Nc2c(C)nn(-c3ccccc3)c2C)cc1C.